The molecule has 0 radical (unpaired) electrons. The average molecular weight is 419 g/mol. The molecule has 1 aromatic carbocycles. The third-order valence-corrected chi connectivity index (χ3v) is 8.41. The Bertz CT molecular complexity index is 1020. The molecule has 8 nitrogen and oxygen atoms in total. The molecule has 0 N–H and O–H groups in total. The van der Waals surface area contributed by atoms with Gasteiger partial charge in [-0.15, -0.1) is 16.4 Å². The molecular formula is C18H22N6O2S2. The van der Waals surface area contributed by atoms with Crippen LogP contribution in [0.2, 0.25) is 0 Å². The van der Waals surface area contributed by atoms with Gasteiger partial charge in [0.1, 0.15) is 4.21 Å². The molecule has 148 valence electrons. The summed E-state index contributed by atoms with van der Waals surface area (Å²) in [6.45, 7) is 4.84. The number of rotatable bonds is 6. The van der Waals surface area contributed by atoms with E-state index in [4.69, 9.17) is 0 Å². The molecule has 0 bridgehead atoms. The third kappa shape index (κ3) is 3.86. The minimum Gasteiger partial charge on any atom is -0.293 e. The van der Waals surface area contributed by atoms with Crippen molar-refractivity contribution in [2.75, 3.05) is 26.2 Å². The van der Waals surface area contributed by atoms with Gasteiger partial charge in [0.2, 0.25) is 0 Å². The van der Waals surface area contributed by atoms with Gasteiger partial charge in [-0.2, -0.15) is 8.99 Å². The zero-order valence-corrected chi connectivity index (χ0v) is 17.2. The van der Waals surface area contributed by atoms with Crippen LogP contribution in [0.15, 0.2) is 46.7 Å². The number of nitrogens with zero attached hydrogens (tertiary/aromatic N) is 6. The van der Waals surface area contributed by atoms with E-state index >= 15 is 0 Å². The lowest BCUT2D eigenvalue weighted by Gasteiger charge is -2.33. The number of aryl methyl sites for hydroxylation is 1. The van der Waals surface area contributed by atoms with E-state index in [2.05, 4.69) is 20.4 Å². The van der Waals surface area contributed by atoms with E-state index in [0.717, 1.165) is 22.8 Å². The molecule has 2 aromatic heterocycles. The third-order valence-electron chi connectivity index (χ3n) is 4.81. The molecule has 0 saturated carbocycles. The van der Waals surface area contributed by atoms with E-state index in [1.54, 1.807) is 15.1 Å². The fraction of sp³-hybridized carbons (Fsp3) is 0.389. The number of tetrazole rings is 1. The predicted molar refractivity (Wildman–Crippen MR) is 107 cm³/mol. The van der Waals surface area contributed by atoms with Crippen molar-refractivity contribution in [1.29, 1.82) is 0 Å². The molecule has 0 unspecified atom stereocenters. The lowest BCUT2D eigenvalue weighted by atomic mass is 10.3. The standard InChI is InChI=1S/C18H22N6O2S2/c1-2-16-8-9-18(27-16)28(25,26)23-12-10-22(11-13-23)14-17-19-20-21-24(17)15-6-4-3-5-7-15/h3-9H,2,10-14H2,1H3. The maximum absolute atomic E-state index is 12.9. The highest BCUT2D eigenvalue weighted by Gasteiger charge is 2.30. The Morgan fingerprint density at radius 3 is 2.46 bits per heavy atom. The minimum atomic E-state index is -3.41. The lowest BCUT2D eigenvalue weighted by molar-refractivity contribution is 0.177. The van der Waals surface area contributed by atoms with Crippen molar-refractivity contribution in [3.05, 3.63) is 53.2 Å². The van der Waals surface area contributed by atoms with Gasteiger partial charge >= 0.3 is 0 Å². The molecule has 0 aliphatic carbocycles. The average Bonchev–Trinajstić information content (AvgIpc) is 3.39. The summed E-state index contributed by atoms with van der Waals surface area (Å²) in [5, 5.41) is 12.0. The summed E-state index contributed by atoms with van der Waals surface area (Å²) < 4.78 is 29.5. The monoisotopic (exact) mass is 418 g/mol. The van der Waals surface area contributed by atoms with Gasteiger partial charge in [-0.25, -0.2) is 8.42 Å². The SMILES string of the molecule is CCc1ccc(S(=O)(=O)N2CCN(Cc3nnnn3-c3ccccc3)CC2)s1. The quantitative estimate of drug-likeness (QED) is 0.607. The summed E-state index contributed by atoms with van der Waals surface area (Å²) in [5.74, 6) is 0.744. The molecule has 1 fully saturated rings. The number of hydrogen-bond acceptors (Lipinski definition) is 7. The Kier molecular flexibility index (Phi) is 5.54. The fourth-order valence-electron chi connectivity index (χ4n) is 3.22. The van der Waals surface area contributed by atoms with Crippen LogP contribution in [0.4, 0.5) is 0 Å². The van der Waals surface area contributed by atoms with Gasteiger partial charge in [0.15, 0.2) is 5.82 Å². The zero-order valence-electron chi connectivity index (χ0n) is 15.6. The predicted octanol–water partition coefficient (Wildman–Crippen LogP) is 1.79. The molecule has 0 spiro atoms. The van der Waals surface area contributed by atoms with Crippen LogP contribution in [0.25, 0.3) is 5.69 Å². The van der Waals surface area contributed by atoms with E-state index in [1.807, 2.05) is 43.3 Å². The van der Waals surface area contributed by atoms with Crippen LogP contribution >= 0.6 is 11.3 Å². The first-order chi connectivity index (χ1) is 13.6. The lowest BCUT2D eigenvalue weighted by Crippen LogP contribution is -2.48. The number of hydrogen-bond donors (Lipinski definition) is 0. The second-order valence-electron chi connectivity index (χ2n) is 6.60. The normalized spacial score (nSPS) is 16.5. The molecule has 1 aliphatic heterocycles. The van der Waals surface area contributed by atoms with E-state index < -0.39 is 10.0 Å². The molecule has 1 saturated heterocycles. The number of thiophene rings is 1. The van der Waals surface area contributed by atoms with Crippen molar-refractivity contribution < 1.29 is 8.42 Å². The van der Waals surface area contributed by atoms with Crippen molar-refractivity contribution >= 4 is 21.4 Å². The fourth-order valence-corrected chi connectivity index (χ4v) is 6.09. The molecule has 0 amide bonds. The van der Waals surface area contributed by atoms with E-state index in [9.17, 15) is 8.42 Å². The Balaban J connectivity index is 1.41. The van der Waals surface area contributed by atoms with Crippen LogP contribution < -0.4 is 0 Å². The van der Waals surface area contributed by atoms with Crippen LogP contribution in [0.1, 0.15) is 17.6 Å². The van der Waals surface area contributed by atoms with Crippen molar-refractivity contribution in [3.63, 3.8) is 0 Å². The number of para-hydroxylation sites is 1. The van der Waals surface area contributed by atoms with Crippen molar-refractivity contribution in [3.8, 4) is 5.69 Å². The molecule has 4 rings (SSSR count). The molecule has 0 atom stereocenters. The van der Waals surface area contributed by atoms with Crippen molar-refractivity contribution in [2.24, 2.45) is 0 Å². The summed E-state index contributed by atoms with van der Waals surface area (Å²) in [6.07, 6.45) is 0.851. The molecule has 3 aromatic rings. The van der Waals surface area contributed by atoms with E-state index in [1.165, 1.54) is 11.3 Å². The molecule has 1 aliphatic rings. The van der Waals surface area contributed by atoms with Crippen LogP contribution in [-0.2, 0) is 23.0 Å². The topological polar surface area (TPSA) is 84.2 Å². The first kappa shape index (κ1) is 19.2. The second-order valence-corrected chi connectivity index (χ2v) is 9.93. The van der Waals surface area contributed by atoms with E-state index in [-0.39, 0.29) is 0 Å². The summed E-state index contributed by atoms with van der Waals surface area (Å²) in [4.78, 5) is 3.27. The van der Waals surface area contributed by atoms with Crippen LogP contribution in [0.3, 0.4) is 0 Å². The molecule has 3 heterocycles. The Hall–Kier alpha value is -2.14. The Morgan fingerprint density at radius 1 is 1.04 bits per heavy atom. The number of sulfonamides is 1. The maximum Gasteiger partial charge on any atom is 0.252 e. The summed E-state index contributed by atoms with van der Waals surface area (Å²) in [6, 6.07) is 13.4. The molecule has 28 heavy (non-hydrogen) atoms. The van der Waals surface area contributed by atoms with Crippen LogP contribution in [0.5, 0.6) is 0 Å². The van der Waals surface area contributed by atoms with Crippen LogP contribution in [0, 0.1) is 0 Å². The minimum absolute atomic E-state index is 0.436. The molecular weight excluding hydrogens is 396 g/mol. The zero-order chi connectivity index (χ0) is 19.6. The van der Waals surface area contributed by atoms with Gasteiger partial charge in [0.25, 0.3) is 10.0 Å². The summed E-state index contributed by atoms with van der Waals surface area (Å²) in [5.41, 5.74) is 0.910. The highest BCUT2D eigenvalue weighted by molar-refractivity contribution is 7.91. The van der Waals surface area contributed by atoms with E-state index in [0.29, 0.717) is 36.9 Å². The summed E-state index contributed by atoms with van der Waals surface area (Å²) in [7, 11) is -3.41. The number of piperazine rings is 1. The van der Waals surface area contributed by atoms with Gasteiger partial charge in [-0.3, -0.25) is 4.90 Å². The van der Waals surface area contributed by atoms with Crippen molar-refractivity contribution in [1.82, 2.24) is 29.4 Å². The highest BCUT2D eigenvalue weighted by atomic mass is 32.2. The van der Waals surface area contributed by atoms with Gasteiger partial charge in [0, 0.05) is 31.1 Å². The van der Waals surface area contributed by atoms with Gasteiger partial charge in [0.05, 0.1) is 12.2 Å². The first-order valence-electron chi connectivity index (χ1n) is 9.22. The Labute approximate surface area is 168 Å². The van der Waals surface area contributed by atoms with Gasteiger partial charge < -0.3 is 0 Å². The number of benzene rings is 1. The largest absolute Gasteiger partial charge is 0.293 e. The van der Waals surface area contributed by atoms with Gasteiger partial charge in [-0.1, -0.05) is 25.1 Å². The summed E-state index contributed by atoms with van der Waals surface area (Å²) >= 11 is 1.36. The smallest absolute Gasteiger partial charge is 0.252 e. The first-order valence-corrected chi connectivity index (χ1v) is 11.5. The highest BCUT2D eigenvalue weighted by Crippen LogP contribution is 2.26. The van der Waals surface area contributed by atoms with Crippen molar-refractivity contribution in [2.45, 2.75) is 24.1 Å². The second kappa shape index (κ2) is 8.08. The number of aromatic nitrogens is 4. The Morgan fingerprint density at radius 2 is 1.79 bits per heavy atom. The maximum atomic E-state index is 12.9. The van der Waals surface area contributed by atoms with Gasteiger partial charge in [-0.05, 0) is 41.1 Å². The van der Waals surface area contributed by atoms with Crippen LogP contribution in [-0.4, -0.2) is 64.0 Å². The molecule has 10 heteroatoms.